The van der Waals surface area contributed by atoms with E-state index in [1.54, 1.807) is 7.05 Å². The predicted molar refractivity (Wildman–Crippen MR) is 90.7 cm³/mol. The van der Waals surface area contributed by atoms with E-state index in [0.29, 0.717) is 5.92 Å². The summed E-state index contributed by atoms with van der Waals surface area (Å²) in [5.41, 5.74) is 0. The molecule has 130 valence electrons. The molecule has 0 aliphatic carbocycles. The second kappa shape index (κ2) is 9.57. The van der Waals surface area contributed by atoms with Crippen LogP contribution in [0.25, 0.3) is 0 Å². The highest BCUT2D eigenvalue weighted by Gasteiger charge is 2.15. The van der Waals surface area contributed by atoms with Crippen LogP contribution in [0, 0.1) is 12.8 Å². The number of rotatable bonds is 8. The summed E-state index contributed by atoms with van der Waals surface area (Å²) in [5.74, 6) is 3.18. The SMILES string of the molecule is CN=C(NCCCOCC1CCOC1)NC(C)c1ccc(C)o1. The third-order valence-corrected chi connectivity index (χ3v) is 3.90. The van der Waals surface area contributed by atoms with E-state index in [1.165, 1.54) is 0 Å². The van der Waals surface area contributed by atoms with Crippen LogP contribution in [0.3, 0.4) is 0 Å². The van der Waals surface area contributed by atoms with Gasteiger partial charge in [0.15, 0.2) is 5.96 Å². The highest BCUT2D eigenvalue weighted by molar-refractivity contribution is 5.79. The minimum atomic E-state index is 0.0773. The van der Waals surface area contributed by atoms with Crippen LogP contribution in [0.4, 0.5) is 0 Å². The third kappa shape index (κ3) is 6.23. The Balaban J connectivity index is 1.57. The van der Waals surface area contributed by atoms with Crippen LogP contribution in [0.1, 0.15) is 37.3 Å². The summed E-state index contributed by atoms with van der Waals surface area (Å²) in [6.45, 7) is 8.11. The molecule has 1 saturated heterocycles. The van der Waals surface area contributed by atoms with E-state index in [4.69, 9.17) is 13.9 Å². The lowest BCUT2D eigenvalue weighted by Crippen LogP contribution is -2.39. The molecule has 23 heavy (non-hydrogen) atoms. The molecule has 1 aromatic rings. The van der Waals surface area contributed by atoms with Crippen molar-refractivity contribution in [2.75, 3.05) is 40.0 Å². The molecular weight excluding hydrogens is 294 g/mol. The molecule has 6 nitrogen and oxygen atoms in total. The lowest BCUT2D eigenvalue weighted by atomic mass is 10.1. The number of ether oxygens (including phenoxy) is 2. The first-order chi connectivity index (χ1) is 11.2. The number of aryl methyl sites for hydroxylation is 1. The first-order valence-electron chi connectivity index (χ1n) is 8.38. The summed E-state index contributed by atoms with van der Waals surface area (Å²) in [7, 11) is 1.77. The van der Waals surface area contributed by atoms with E-state index in [-0.39, 0.29) is 6.04 Å². The Bertz CT molecular complexity index is 481. The van der Waals surface area contributed by atoms with Crippen molar-refractivity contribution in [2.45, 2.75) is 32.7 Å². The van der Waals surface area contributed by atoms with E-state index >= 15 is 0 Å². The van der Waals surface area contributed by atoms with Crippen LogP contribution in [0.5, 0.6) is 0 Å². The second-order valence-corrected chi connectivity index (χ2v) is 5.97. The highest BCUT2D eigenvalue weighted by atomic mass is 16.5. The van der Waals surface area contributed by atoms with Crippen LogP contribution < -0.4 is 10.6 Å². The average Bonchev–Trinajstić information content (AvgIpc) is 3.20. The molecule has 6 heteroatoms. The zero-order valence-electron chi connectivity index (χ0n) is 14.4. The maximum atomic E-state index is 5.69. The summed E-state index contributed by atoms with van der Waals surface area (Å²) in [6.07, 6.45) is 2.07. The minimum absolute atomic E-state index is 0.0773. The van der Waals surface area contributed by atoms with Gasteiger partial charge >= 0.3 is 0 Å². The van der Waals surface area contributed by atoms with Crippen LogP contribution in [0.2, 0.25) is 0 Å². The fourth-order valence-electron chi connectivity index (χ4n) is 2.50. The molecule has 1 fully saturated rings. The molecule has 0 aromatic carbocycles. The van der Waals surface area contributed by atoms with Crippen LogP contribution in [-0.4, -0.2) is 46.0 Å². The molecule has 2 atom stereocenters. The Hall–Kier alpha value is -1.53. The normalized spacial score (nSPS) is 19.8. The van der Waals surface area contributed by atoms with Gasteiger partial charge in [-0.25, -0.2) is 0 Å². The van der Waals surface area contributed by atoms with E-state index in [1.807, 2.05) is 19.1 Å². The van der Waals surface area contributed by atoms with Gasteiger partial charge in [0.2, 0.25) is 0 Å². The summed E-state index contributed by atoms with van der Waals surface area (Å²) in [5, 5.41) is 6.62. The molecule has 2 unspecified atom stereocenters. The van der Waals surface area contributed by atoms with Gasteiger partial charge in [0.1, 0.15) is 11.5 Å². The Morgan fingerprint density at radius 2 is 2.35 bits per heavy atom. The highest BCUT2D eigenvalue weighted by Crippen LogP contribution is 2.15. The zero-order valence-corrected chi connectivity index (χ0v) is 14.4. The summed E-state index contributed by atoms with van der Waals surface area (Å²) in [6, 6.07) is 4.03. The first-order valence-corrected chi connectivity index (χ1v) is 8.38. The van der Waals surface area contributed by atoms with Crippen molar-refractivity contribution in [3.8, 4) is 0 Å². The van der Waals surface area contributed by atoms with Gasteiger partial charge in [-0.15, -0.1) is 0 Å². The monoisotopic (exact) mass is 323 g/mol. The average molecular weight is 323 g/mol. The molecule has 0 bridgehead atoms. The number of nitrogens with one attached hydrogen (secondary N) is 2. The molecular formula is C17H29N3O3. The van der Waals surface area contributed by atoms with Gasteiger partial charge in [-0.3, -0.25) is 4.99 Å². The molecule has 0 saturated carbocycles. The van der Waals surface area contributed by atoms with Gasteiger partial charge < -0.3 is 24.5 Å². The molecule has 0 radical (unpaired) electrons. The van der Waals surface area contributed by atoms with Crippen molar-refractivity contribution >= 4 is 5.96 Å². The van der Waals surface area contributed by atoms with Gasteiger partial charge in [0, 0.05) is 32.7 Å². The fraction of sp³-hybridized carbons (Fsp3) is 0.706. The van der Waals surface area contributed by atoms with Crippen molar-refractivity contribution in [3.63, 3.8) is 0 Å². The maximum absolute atomic E-state index is 5.69. The van der Waals surface area contributed by atoms with E-state index in [0.717, 1.165) is 63.3 Å². The zero-order chi connectivity index (χ0) is 16.5. The molecule has 1 aromatic heterocycles. The van der Waals surface area contributed by atoms with Crippen molar-refractivity contribution in [3.05, 3.63) is 23.7 Å². The molecule has 1 aliphatic heterocycles. The van der Waals surface area contributed by atoms with E-state index in [2.05, 4.69) is 22.5 Å². The van der Waals surface area contributed by atoms with Gasteiger partial charge in [-0.05, 0) is 38.8 Å². The number of hydrogen-bond donors (Lipinski definition) is 2. The van der Waals surface area contributed by atoms with Gasteiger partial charge in [-0.1, -0.05) is 0 Å². The molecule has 2 heterocycles. The topological polar surface area (TPSA) is 68.0 Å². The largest absolute Gasteiger partial charge is 0.464 e. The standard InChI is InChI=1S/C17H29N3O3/c1-13-5-6-16(23-13)14(2)20-17(18-3)19-8-4-9-21-11-15-7-10-22-12-15/h5-6,14-15H,4,7-12H2,1-3H3,(H2,18,19,20). The number of aliphatic imine (C=N–C) groups is 1. The number of guanidine groups is 1. The van der Waals surface area contributed by atoms with Gasteiger partial charge in [-0.2, -0.15) is 0 Å². The summed E-state index contributed by atoms with van der Waals surface area (Å²) in [4.78, 5) is 4.24. The van der Waals surface area contributed by atoms with Crippen LogP contribution in [-0.2, 0) is 9.47 Å². The molecule has 0 amide bonds. The van der Waals surface area contributed by atoms with Gasteiger partial charge in [0.05, 0.1) is 19.3 Å². The fourth-order valence-corrected chi connectivity index (χ4v) is 2.50. The number of hydrogen-bond acceptors (Lipinski definition) is 4. The van der Waals surface area contributed by atoms with Crippen molar-refractivity contribution < 1.29 is 13.9 Å². The summed E-state index contributed by atoms with van der Waals surface area (Å²) < 4.78 is 16.6. The second-order valence-electron chi connectivity index (χ2n) is 5.97. The number of nitrogens with zero attached hydrogens (tertiary/aromatic N) is 1. The van der Waals surface area contributed by atoms with Crippen LogP contribution in [0.15, 0.2) is 21.5 Å². The van der Waals surface area contributed by atoms with E-state index in [9.17, 15) is 0 Å². The molecule has 2 N–H and O–H groups in total. The van der Waals surface area contributed by atoms with Crippen molar-refractivity contribution in [1.29, 1.82) is 0 Å². The lowest BCUT2D eigenvalue weighted by molar-refractivity contribution is 0.0888. The Kier molecular flexibility index (Phi) is 7.42. The van der Waals surface area contributed by atoms with Gasteiger partial charge in [0.25, 0.3) is 0 Å². The number of furan rings is 1. The smallest absolute Gasteiger partial charge is 0.191 e. The van der Waals surface area contributed by atoms with Crippen molar-refractivity contribution in [1.82, 2.24) is 10.6 Å². The third-order valence-electron chi connectivity index (χ3n) is 3.90. The summed E-state index contributed by atoms with van der Waals surface area (Å²) >= 11 is 0. The Morgan fingerprint density at radius 1 is 1.48 bits per heavy atom. The Labute approximate surface area is 138 Å². The predicted octanol–water partition coefficient (Wildman–Crippen LogP) is 2.26. The Morgan fingerprint density at radius 3 is 3.00 bits per heavy atom. The van der Waals surface area contributed by atoms with Crippen molar-refractivity contribution in [2.24, 2.45) is 10.9 Å². The maximum Gasteiger partial charge on any atom is 0.191 e. The molecule has 0 spiro atoms. The first kappa shape index (κ1) is 17.8. The minimum Gasteiger partial charge on any atom is -0.464 e. The quantitative estimate of drug-likeness (QED) is 0.436. The van der Waals surface area contributed by atoms with E-state index < -0.39 is 0 Å². The lowest BCUT2D eigenvalue weighted by Gasteiger charge is -2.16. The van der Waals surface area contributed by atoms with Crippen LogP contribution >= 0.6 is 0 Å². The molecule has 1 aliphatic rings. The molecule has 2 rings (SSSR count).